The Morgan fingerprint density at radius 2 is 1.95 bits per heavy atom. The summed E-state index contributed by atoms with van der Waals surface area (Å²) in [4.78, 5) is 12.4. The van der Waals surface area contributed by atoms with Crippen molar-refractivity contribution in [3.63, 3.8) is 0 Å². The quantitative estimate of drug-likeness (QED) is 0.743. The largest absolute Gasteiger partial charge is 0.396 e. The zero-order valence-electron chi connectivity index (χ0n) is 15.0. The van der Waals surface area contributed by atoms with E-state index in [1.165, 1.54) is 12.0 Å². The molecule has 0 aromatic rings. The van der Waals surface area contributed by atoms with Crippen LogP contribution in [-0.2, 0) is 4.79 Å². The zero-order valence-corrected chi connectivity index (χ0v) is 15.0. The van der Waals surface area contributed by atoms with E-state index in [1.54, 1.807) is 0 Å². The molecule has 2 fully saturated rings. The lowest BCUT2D eigenvalue weighted by Gasteiger charge is -2.57. The summed E-state index contributed by atoms with van der Waals surface area (Å²) in [5.74, 6) is 2.08. The minimum Gasteiger partial charge on any atom is -0.396 e. The minimum atomic E-state index is 0.0904. The Bertz CT molecular complexity index is 437. The number of ketones is 1. The molecule has 0 aliphatic heterocycles. The van der Waals surface area contributed by atoms with Crippen LogP contribution in [0.25, 0.3) is 0 Å². The molecule has 0 radical (unpaired) electrons. The van der Waals surface area contributed by atoms with E-state index in [2.05, 4.69) is 34.3 Å². The lowest BCUT2D eigenvalue weighted by Crippen LogP contribution is -2.52. The first kappa shape index (κ1) is 17.7. The van der Waals surface area contributed by atoms with Crippen LogP contribution in [0.3, 0.4) is 0 Å². The Labute approximate surface area is 136 Å². The fourth-order valence-corrected chi connectivity index (χ4v) is 5.54. The molecule has 2 aliphatic carbocycles. The number of Topliss-reactive ketones (excluding diaryl/α,β-unsaturated/α-hetero) is 1. The summed E-state index contributed by atoms with van der Waals surface area (Å²) in [6.45, 7) is 13.8. The van der Waals surface area contributed by atoms with Gasteiger partial charge in [-0.2, -0.15) is 0 Å². The predicted octanol–water partition coefficient (Wildman–Crippen LogP) is 4.76. The van der Waals surface area contributed by atoms with Crippen LogP contribution >= 0.6 is 0 Å². The second kappa shape index (κ2) is 6.47. The number of rotatable bonds is 5. The summed E-state index contributed by atoms with van der Waals surface area (Å²) in [5.41, 5.74) is 1.58. The van der Waals surface area contributed by atoms with E-state index in [9.17, 15) is 4.79 Å². The maximum absolute atomic E-state index is 12.4. The Balaban J connectivity index is 2.19. The second-order valence-corrected chi connectivity index (χ2v) is 8.88. The number of carbonyl (C=O) groups is 1. The van der Waals surface area contributed by atoms with Crippen LogP contribution in [-0.4, -0.2) is 17.5 Å². The first-order valence-corrected chi connectivity index (χ1v) is 9.01. The van der Waals surface area contributed by atoms with E-state index < -0.39 is 0 Å². The molecule has 0 spiro atoms. The molecule has 2 aliphatic rings. The van der Waals surface area contributed by atoms with Crippen LogP contribution in [0.4, 0.5) is 0 Å². The minimum absolute atomic E-state index is 0.0904. The van der Waals surface area contributed by atoms with Gasteiger partial charge < -0.3 is 5.11 Å². The fourth-order valence-electron chi connectivity index (χ4n) is 5.54. The Kier molecular flexibility index (Phi) is 5.21. The third-order valence-corrected chi connectivity index (χ3v) is 6.58. The van der Waals surface area contributed by atoms with E-state index in [1.807, 2.05) is 0 Å². The number of allylic oxidation sites excluding steroid dienone is 1. The van der Waals surface area contributed by atoms with E-state index in [4.69, 9.17) is 5.11 Å². The van der Waals surface area contributed by atoms with E-state index in [0.717, 1.165) is 38.5 Å². The number of aliphatic hydroxyl groups is 1. The summed E-state index contributed by atoms with van der Waals surface area (Å²) in [5, 5.41) is 9.10. The van der Waals surface area contributed by atoms with Gasteiger partial charge >= 0.3 is 0 Å². The summed E-state index contributed by atoms with van der Waals surface area (Å²) >= 11 is 0. The van der Waals surface area contributed by atoms with Gasteiger partial charge in [0.05, 0.1) is 0 Å². The number of hydrogen-bond acceptors (Lipinski definition) is 2. The number of hydrogen-bond donors (Lipinski definition) is 1. The smallest absolute Gasteiger partial charge is 0.134 e. The molecular formula is C20H34O2. The van der Waals surface area contributed by atoms with Crippen LogP contribution in [0.2, 0.25) is 0 Å². The van der Waals surface area contributed by atoms with Crippen molar-refractivity contribution in [3.8, 4) is 0 Å². The van der Waals surface area contributed by atoms with Crippen LogP contribution in [0, 0.1) is 28.6 Å². The van der Waals surface area contributed by atoms with Gasteiger partial charge in [-0.05, 0) is 54.3 Å². The molecule has 0 aromatic heterocycles. The molecule has 4 atom stereocenters. The molecule has 0 heterocycles. The van der Waals surface area contributed by atoms with Gasteiger partial charge in [0.1, 0.15) is 5.78 Å². The highest BCUT2D eigenvalue weighted by atomic mass is 16.3. The van der Waals surface area contributed by atoms with Crippen LogP contribution in [0.5, 0.6) is 0 Å². The van der Waals surface area contributed by atoms with Gasteiger partial charge in [-0.3, -0.25) is 4.79 Å². The molecule has 0 bridgehead atoms. The first-order valence-electron chi connectivity index (χ1n) is 9.01. The van der Waals surface area contributed by atoms with Gasteiger partial charge in [0.25, 0.3) is 0 Å². The van der Waals surface area contributed by atoms with E-state index in [0.29, 0.717) is 23.5 Å². The van der Waals surface area contributed by atoms with Crippen molar-refractivity contribution in [3.05, 3.63) is 12.2 Å². The molecule has 22 heavy (non-hydrogen) atoms. The summed E-state index contributed by atoms with van der Waals surface area (Å²) in [6, 6.07) is 0. The molecule has 1 N–H and O–H groups in total. The normalized spacial score (nSPS) is 36.0. The Morgan fingerprint density at radius 3 is 2.59 bits per heavy atom. The Hall–Kier alpha value is -0.630. The molecule has 2 nitrogen and oxygen atoms in total. The SMILES string of the molecule is C=C1CC[C@@H]2C(C)(C)CC(=O)C[C@]2(C)[C@H]1CC[C@H](C)CCO. The summed E-state index contributed by atoms with van der Waals surface area (Å²) in [7, 11) is 0. The van der Waals surface area contributed by atoms with Crippen molar-refractivity contribution in [2.75, 3.05) is 6.61 Å². The highest BCUT2D eigenvalue weighted by molar-refractivity contribution is 5.81. The molecule has 0 amide bonds. The van der Waals surface area contributed by atoms with Gasteiger partial charge in [0.2, 0.25) is 0 Å². The van der Waals surface area contributed by atoms with Gasteiger partial charge in [-0.15, -0.1) is 0 Å². The lowest BCUT2D eigenvalue weighted by atomic mass is 9.47. The summed E-state index contributed by atoms with van der Waals surface area (Å²) in [6.07, 6.45) is 6.92. The molecule has 2 rings (SSSR count). The Morgan fingerprint density at radius 1 is 1.27 bits per heavy atom. The maximum atomic E-state index is 12.4. The molecule has 0 saturated heterocycles. The van der Waals surface area contributed by atoms with Gasteiger partial charge in [0, 0.05) is 19.4 Å². The van der Waals surface area contributed by atoms with Crippen molar-refractivity contribution in [1.82, 2.24) is 0 Å². The van der Waals surface area contributed by atoms with Crippen molar-refractivity contribution >= 4 is 5.78 Å². The van der Waals surface area contributed by atoms with Crippen molar-refractivity contribution in [2.24, 2.45) is 28.6 Å². The predicted molar refractivity (Wildman–Crippen MR) is 91.6 cm³/mol. The average molecular weight is 306 g/mol. The number of carbonyl (C=O) groups excluding carboxylic acids is 1. The van der Waals surface area contributed by atoms with Crippen molar-refractivity contribution < 1.29 is 9.90 Å². The van der Waals surface area contributed by atoms with Gasteiger partial charge in [-0.1, -0.05) is 46.3 Å². The first-order chi connectivity index (χ1) is 10.2. The monoisotopic (exact) mass is 306 g/mol. The van der Waals surface area contributed by atoms with E-state index in [-0.39, 0.29) is 17.4 Å². The number of fused-ring (bicyclic) bond motifs is 1. The third-order valence-electron chi connectivity index (χ3n) is 6.58. The lowest BCUT2D eigenvalue weighted by molar-refractivity contribution is -0.138. The van der Waals surface area contributed by atoms with E-state index >= 15 is 0 Å². The highest BCUT2D eigenvalue weighted by Gasteiger charge is 2.54. The molecule has 2 saturated carbocycles. The van der Waals surface area contributed by atoms with Crippen LogP contribution in [0.15, 0.2) is 12.2 Å². The summed E-state index contributed by atoms with van der Waals surface area (Å²) < 4.78 is 0. The number of aliphatic hydroxyl groups excluding tert-OH is 1. The van der Waals surface area contributed by atoms with Crippen LogP contribution < -0.4 is 0 Å². The standard InChI is InChI=1S/C20H34O2/c1-14(10-11-21)6-8-17-15(2)7-9-18-19(3,4)12-16(22)13-20(17,18)5/h14,17-18,21H,2,6-13H2,1,3-5H3/t14-,17-,18+,20+/m0/s1. The third kappa shape index (κ3) is 3.32. The molecular weight excluding hydrogens is 272 g/mol. The highest BCUT2D eigenvalue weighted by Crippen LogP contribution is 2.61. The second-order valence-electron chi connectivity index (χ2n) is 8.88. The topological polar surface area (TPSA) is 37.3 Å². The molecule has 0 aromatic carbocycles. The molecule has 126 valence electrons. The molecule has 0 unspecified atom stereocenters. The average Bonchev–Trinajstić information content (AvgIpc) is 2.35. The van der Waals surface area contributed by atoms with Gasteiger partial charge in [0.15, 0.2) is 0 Å². The fraction of sp³-hybridized carbons (Fsp3) is 0.850. The zero-order chi connectivity index (χ0) is 16.5. The van der Waals surface area contributed by atoms with Crippen molar-refractivity contribution in [1.29, 1.82) is 0 Å². The molecule has 2 heteroatoms. The van der Waals surface area contributed by atoms with Crippen LogP contribution in [0.1, 0.15) is 72.6 Å². The van der Waals surface area contributed by atoms with Gasteiger partial charge in [-0.25, -0.2) is 0 Å². The van der Waals surface area contributed by atoms with Crippen molar-refractivity contribution in [2.45, 2.75) is 72.6 Å². The maximum Gasteiger partial charge on any atom is 0.134 e.